The first-order valence-corrected chi connectivity index (χ1v) is 10.4. The summed E-state index contributed by atoms with van der Waals surface area (Å²) in [4.78, 5) is 26.7. The Morgan fingerprint density at radius 3 is 2.47 bits per heavy atom. The van der Waals surface area contributed by atoms with Crippen molar-refractivity contribution in [3.8, 4) is 0 Å². The number of esters is 1. The lowest BCUT2D eigenvalue weighted by Crippen LogP contribution is -2.48. The molecule has 1 aromatic carbocycles. The highest BCUT2D eigenvalue weighted by atomic mass is 16.6. The summed E-state index contributed by atoms with van der Waals surface area (Å²) < 4.78 is 16.5. The van der Waals surface area contributed by atoms with Crippen LogP contribution in [0.3, 0.4) is 0 Å². The molecule has 0 N–H and O–H groups in total. The van der Waals surface area contributed by atoms with E-state index in [0.29, 0.717) is 19.4 Å². The van der Waals surface area contributed by atoms with Crippen molar-refractivity contribution in [1.29, 1.82) is 0 Å². The van der Waals surface area contributed by atoms with Gasteiger partial charge in [-0.05, 0) is 51.2 Å². The highest BCUT2D eigenvalue weighted by molar-refractivity contribution is 5.83. The van der Waals surface area contributed by atoms with Gasteiger partial charge in [0.2, 0.25) is 0 Å². The summed E-state index contributed by atoms with van der Waals surface area (Å²) in [7, 11) is 1.34. The van der Waals surface area contributed by atoms with Crippen molar-refractivity contribution in [2.24, 2.45) is 0 Å². The molecule has 6 heteroatoms. The average molecular weight is 414 g/mol. The van der Waals surface area contributed by atoms with Gasteiger partial charge in [-0.2, -0.15) is 0 Å². The highest BCUT2D eigenvalue weighted by Gasteiger charge is 2.44. The van der Waals surface area contributed by atoms with Gasteiger partial charge < -0.3 is 14.2 Å². The molecule has 0 bridgehead atoms. The number of benzene rings is 1. The minimum Gasteiger partial charge on any atom is -0.467 e. The Bertz CT molecular complexity index is 809. The maximum atomic E-state index is 12.9. The van der Waals surface area contributed by atoms with E-state index in [-0.39, 0.29) is 12.1 Å². The standard InChI is InChI=1S/C24H31NO5/c1-24(2,3)30-23(27)25-20(14-15-21(25)22(26)28-4)18-10-12-19(13-11-18)29-16-17-8-6-5-7-9-17/h5-12,19-21H,13-16H2,1-4H3/t19?,20-,21+/m1/s1. The van der Waals surface area contributed by atoms with Gasteiger partial charge in [0.05, 0.1) is 25.9 Å². The molecule has 0 spiro atoms. The Morgan fingerprint density at radius 2 is 1.87 bits per heavy atom. The van der Waals surface area contributed by atoms with E-state index in [1.165, 1.54) is 7.11 Å². The van der Waals surface area contributed by atoms with Gasteiger partial charge in [-0.15, -0.1) is 0 Å². The molecule has 3 atom stereocenters. The van der Waals surface area contributed by atoms with Crippen LogP contribution in [0.5, 0.6) is 0 Å². The first-order chi connectivity index (χ1) is 14.3. The number of ether oxygens (including phenoxy) is 3. The Morgan fingerprint density at radius 1 is 1.13 bits per heavy atom. The molecule has 1 aliphatic carbocycles. The van der Waals surface area contributed by atoms with Crippen LogP contribution in [0.2, 0.25) is 0 Å². The molecule has 1 fully saturated rings. The van der Waals surface area contributed by atoms with E-state index >= 15 is 0 Å². The first-order valence-electron chi connectivity index (χ1n) is 10.4. The molecule has 1 amide bonds. The van der Waals surface area contributed by atoms with Crippen molar-refractivity contribution >= 4 is 12.1 Å². The summed E-state index contributed by atoms with van der Waals surface area (Å²) >= 11 is 0. The second kappa shape index (κ2) is 9.47. The Kier molecular flexibility index (Phi) is 6.98. The number of methoxy groups -OCH3 is 1. The maximum absolute atomic E-state index is 12.9. The number of likely N-dealkylation sites (tertiary alicyclic amines) is 1. The molecule has 1 aliphatic heterocycles. The lowest BCUT2D eigenvalue weighted by atomic mass is 9.97. The molecule has 0 radical (unpaired) electrons. The summed E-state index contributed by atoms with van der Waals surface area (Å²) in [5.41, 5.74) is 1.50. The molecule has 0 aromatic heterocycles. The van der Waals surface area contributed by atoms with Crippen LogP contribution in [0.1, 0.15) is 45.6 Å². The third-order valence-corrected chi connectivity index (χ3v) is 5.24. The van der Waals surface area contributed by atoms with Crippen molar-refractivity contribution in [1.82, 2.24) is 4.90 Å². The van der Waals surface area contributed by atoms with Crippen LogP contribution in [-0.2, 0) is 25.6 Å². The molecule has 1 saturated heterocycles. The van der Waals surface area contributed by atoms with Gasteiger partial charge in [-0.1, -0.05) is 48.6 Å². The molecule has 30 heavy (non-hydrogen) atoms. The monoisotopic (exact) mass is 413 g/mol. The quantitative estimate of drug-likeness (QED) is 0.670. The molecule has 162 valence electrons. The predicted octanol–water partition coefficient (Wildman–Crippen LogP) is 4.40. The molecule has 6 nitrogen and oxygen atoms in total. The largest absolute Gasteiger partial charge is 0.467 e. The molecule has 1 heterocycles. The van der Waals surface area contributed by atoms with Gasteiger partial charge in [0.25, 0.3) is 0 Å². The van der Waals surface area contributed by atoms with E-state index in [2.05, 4.69) is 6.08 Å². The van der Waals surface area contributed by atoms with Gasteiger partial charge >= 0.3 is 12.1 Å². The molecule has 1 unspecified atom stereocenters. The van der Waals surface area contributed by atoms with Gasteiger partial charge in [0.15, 0.2) is 0 Å². The molecular formula is C24H31NO5. The maximum Gasteiger partial charge on any atom is 0.411 e. The number of nitrogens with zero attached hydrogens (tertiary/aromatic N) is 1. The van der Waals surface area contributed by atoms with Crippen LogP contribution in [0.4, 0.5) is 4.79 Å². The topological polar surface area (TPSA) is 65.1 Å². The summed E-state index contributed by atoms with van der Waals surface area (Å²) in [5.74, 6) is -0.409. The smallest absolute Gasteiger partial charge is 0.411 e. The second-order valence-corrected chi connectivity index (χ2v) is 8.65. The van der Waals surface area contributed by atoms with Crippen molar-refractivity contribution in [3.63, 3.8) is 0 Å². The number of rotatable bonds is 5. The van der Waals surface area contributed by atoms with E-state index in [9.17, 15) is 9.59 Å². The fourth-order valence-corrected chi connectivity index (χ4v) is 3.84. The lowest BCUT2D eigenvalue weighted by Gasteiger charge is -2.33. The fraction of sp³-hybridized carbons (Fsp3) is 0.500. The van der Waals surface area contributed by atoms with Crippen LogP contribution in [0.15, 0.2) is 54.1 Å². The van der Waals surface area contributed by atoms with Crippen LogP contribution >= 0.6 is 0 Å². The van der Waals surface area contributed by atoms with Crippen molar-refractivity contribution < 1.29 is 23.8 Å². The SMILES string of the molecule is COC(=O)[C@@H]1CC[C@H](C2=CCC(OCc3ccccc3)C=C2)N1C(=O)OC(C)(C)C. The fourth-order valence-electron chi connectivity index (χ4n) is 3.84. The summed E-state index contributed by atoms with van der Waals surface area (Å²) in [6.07, 6.45) is 7.58. The minimum absolute atomic E-state index is 0.0123. The van der Waals surface area contributed by atoms with Crippen LogP contribution in [0, 0.1) is 0 Å². The summed E-state index contributed by atoms with van der Waals surface area (Å²) in [6.45, 7) is 6.00. The van der Waals surface area contributed by atoms with E-state index in [1.807, 2.05) is 63.3 Å². The Hall–Kier alpha value is -2.60. The molecule has 2 aliphatic rings. The van der Waals surface area contributed by atoms with Gasteiger partial charge in [0.1, 0.15) is 11.6 Å². The normalized spacial score (nSPS) is 23.8. The zero-order chi connectivity index (χ0) is 21.7. The summed E-state index contributed by atoms with van der Waals surface area (Å²) in [5, 5.41) is 0. The third-order valence-electron chi connectivity index (χ3n) is 5.24. The van der Waals surface area contributed by atoms with Gasteiger partial charge in [-0.25, -0.2) is 9.59 Å². The van der Waals surface area contributed by atoms with Crippen LogP contribution in [-0.4, -0.2) is 47.9 Å². The number of amides is 1. The first kappa shape index (κ1) is 22.1. The zero-order valence-corrected chi connectivity index (χ0v) is 18.2. The third kappa shape index (κ3) is 5.51. The van der Waals surface area contributed by atoms with Crippen LogP contribution in [0.25, 0.3) is 0 Å². The van der Waals surface area contributed by atoms with E-state index in [4.69, 9.17) is 14.2 Å². The molecule has 0 saturated carbocycles. The predicted molar refractivity (Wildman–Crippen MR) is 114 cm³/mol. The molecule has 1 aromatic rings. The highest BCUT2D eigenvalue weighted by Crippen LogP contribution is 2.33. The summed E-state index contributed by atoms with van der Waals surface area (Å²) in [6, 6.07) is 9.22. The number of carbonyl (C=O) groups excluding carboxylic acids is 2. The van der Waals surface area contributed by atoms with E-state index in [1.54, 1.807) is 4.90 Å². The van der Waals surface area contributed by atoms with Crippen molar-refractivity contribution in [2.45, 2.75) is 70.4 Å². The van der Waals surface area contributed by atoms with Gasteiger partial charge in [0, 0.05) is 0 Å². The van der Waals surface area contributed by atoms with E-state index in [0.717, 1.165) is 17.6 Å². The molecular weight excluding hydrogens is 382 g/mol. The van der Waals surface area contributed by atoms with Gasteiger partial charge in [-0.3, -0.25) is 4.90 Å². The van der Waals surface area contributed by atoms with Crippen LogP contribution < -0.4 is 0 Å². The van der Waals surface area contributed by atoms with Crippen molar-refractivity contribution in [2.75, 3.05) is 7.11 Å². The number of carbonyl (C=O) groups is 2. The van der Waals surface area contributed by atoms with Crippen molar-refractivity contribution in [3.05, 3.63) is 59.7 Å². The zero-order valence-electron chi connectivity index (χ0n) is 18.2. The number of hydrogen-bond acceptors (Lipinski definition) is 5. The van der Waals surface area contributed by atoms with E-state index < -0.39 is 23.7 Å². The Labute approximate surface area is 178 Å². The minimum atomic E-state index is -0.641. The number of hydrogen-bond donors (Lipinski definition) is 0. The Balaban J connectivity index is 1.67. The molecule has 3 rings (SSSR count). The lowest BCUT2D eigenvalue weighted by molar-refractivity contribution is -0.146. The average Bonchev–Trinajstić information content (AvgIpc) is 3.17. The second-order valence-electron chi connectivity index (χ2n) is 8.65.